The number of cyclic esters (lactones) is 1. The van der Waals surface area contributed by atoms with Crippen LogP contribution in [0, 0.1) is 0 Å². The second-order valence-electron chi connectivity index (χ2n) is 6.39. The summed E-state index contributed by atoms with van der Waals surface area (Å²) in [6, 6.07) is 12.5. The Labute approximate surface area is 151 Å². The van der Waals surface area contributed by atoms with Gasteiger partial charge in [-0.05, 0) is 36.2 Å². The van der Waals surface area contributed by atoms with Crippen LogP contribution in [-0.4, -0.2) is 31.2 Å². The van der Waals surface area contributed by atoms with Gasteiger partial charge in [-0.2, -0.15) is 0 Å². The molecule has 2 aromatic rings. The van der Waals surface area contributed by atoms with Crippen LogP contribution in [0.1, 0.15) is 34.5 Å². The molecule has 0 aromatic heterocycles. The van der Waals surface area contributed by atoms with Gasteiger partial charge in [-0.1, -0.05) is 24.3 Å². The van der Waals surface area contributed by atoms with Gasteiger partial charge in [0.1, 0.15) is 13.2 Å². The molecule has 0 saturated heterocycles. The first-order chi connectivity index (χ1) is 12.6. The lowest BCUT2D eigenvalue weighted by atomic mass is 9.98. The lowest BCUT2D eigenvalue weighted by molar-refractivity contribution is -0.131. The Morgan fingerprint density at radius 1 is 1.12 bits per heavy atom. The minimum Gasteiger partial charge on any atom is -0.486 e. The molecule has 6 heteroatoms. The fourth-order valence-corrected chi connectivity index (χ4v) is 3.20. The van der Waals surface area contributed by atoms with Gasteiger partial charge < -0.3 is 19.5 Å². The fourth-order valence-electron chi connectivity index (χ4n) is 3.20. The van der Waals surface area contributed by atoms with Crippen molar-refractivity contribution in [3.05, 3.63) is 59.2 Å². The fraction of sp³-hybridized carbons (Fsp3) is 0.300. The maximum Gasteiger partial charge on any atom is 0.339 e. The molecule has 6 nitrogen and oxygen atoms in total. The summed E-state index contributed by atoms with van der Waals surface area (Å²) in [5.41, 5.74) is 2.25. The molecule has 0 unspecified atom stereocenters. The number of carbonyl (C=O) groups is 2. The summed E-state index contributed by atoms with van der Waals surface area (Å²) in [7, 11) is 0. The van der Waals surface area contributed by atoms with Crippen molar-refractivity contribution in [1.29, 1.82) is 0 Å². The van der Waals surface area contributed by atoms with Crippen LogP contribution < -0.4 is 14.8 Å². The Morgan fingerprint density at radius 2 is 1.88 bits per heavy atom. The Kier molecular flexibility index (Phi) is 4.24. The van der Waals surface area contributed by atoms with Gasteiger partial charge in [0.2, 0.25) is 0 Å². The maximum absolute atomic E-state index is 12.6. The minimum atomic E-state index is -0.822. The average molecular weight is 353 g/mol. The van der Waals surface area contributed by atoms with Crippen molar-refractivity contribution in [2.24, 2.45) is 0 Å². The van der Waals surface area contributed by atoms with Crippen LogP contribution in [-0.2, 0) is 16.0 Å². The summed E-state index contributed by atoms with van der Waals surface area (Å²) >= 11 is 0. The van der Waals surface area contributed by atoms with Crippen molar-refractivity contribution in [3.8, 4) is 11.5 Å². The van der Waals surface area contributed by atoms with Gasteiger partial charge in [0.25, 0.3) is 5.91 Å². The van der Waals surface area contributed by atoms with Gasteiger partial charge in [-0.25, -0.2) is 4.79 Å². The van der Waals surface area contributed by atoms with Gasteiger partial charge >= 0.3 is 5.97 Å². The van der Waals surface area contributed by atoms with Crippen LogP contribution in [0.2, 0.25) is 0 Å². The Hall–Kier alpha value is -3.02. The third kappa shape index (κ3) is 3.10. The molecular weight excluding hydrogens is 334 g/mol. The molecule has 0 aliphatic carbocycles. The van der Waals surface area contributed by atoms with E-state index in [1.165, 1.54) is 0 Å². The van der Waals surface area contributed by atoms with Gasteiger partial charge in [0.05, 0.1) is 11.6 Å². The van der Waals surface area contributed by atoms with Crippen LogP contribution in [0.15, 0.2) is 42.5 Å². The van der Waals surface area contributed by atoms with Gasteiger partial charge in [0.15, 0.2) is 17.6 Å². The number of ether oxygens (including phenoxy) is 3. The highest BCUT2D eigenvalue weighted by atomic mass is 16.6. The lowest BCUT2D eigenvalue weighted by Gasteiger charge is -2.26. The Bertz CT molecular complexity index is 863. The number of carbonyl (C=O) groups excluding carboxylic acids is 2. The number of hydrogen-bond donors (Lipinski definition) is 1. The van der Waals surface area contributed by atoms with E-state index < -0.39 is 12.1 Å². The second kappa shape index (κ2) is 6.71. The number of nitrogens with one attached hydrogen (secondary N) is 1. The first kappa shape index (κ1) is 16.4. The molecule has 2 aliphatic rings. The quantitative estimate of drug-likeness (QED) is 0.858. The van der Waals surface area contributed by atoms with Gasteiger partial charge in [0, 0.05) is 6.42 Å². The SMILES string of the molecule is C[C@H](NC(=O)[C@H]1Cc2ccccc2C(=O)O1)c1ccc2c(c1)OCCO2. The Morgan fingerprint density at radius 3 is 2.73 bits per heavy atom. The van der Waals surface area contributed by atoms with E-state index in [2.05, 4.69) is 5.32 Å². The summed E-state index contributed by atoms with van der Waals surface area (Å²) in [5, 5.41) is 2.91. The molecule has 1 N–H and O–H groups in total. The maximum atomic E-state index is 12.6. The summed E-state index contributed by atoms with van der Waals surface area (Å²) in [5.74, 6) is 0.610. The topological polar surface area (TPSA) is 73.9 Å². The summed E-state index contributed by atoms with van der Waals surface area (Å²) in [4.78, 5) is 24.7. The normalized spacial score (nSPS) is 19.1. The number of benzene rings is 2. The molecule has 2 aromatic carbocycles. The smallest absolute Gasteiger partial charge is 0.339 e. The highest BCUT2D eigenvalue weighted by Crippen LogP contribution is 2.32. The number of fused-ring (bicyclic) bond motifs is 2. The lowest BCUT2D eigenvalue weighted by Crippen LogP contribution is -2.42. The molecule has 26 heavy (non-hydrogen) atoms. The molecule has 4 rings (SSSR count). The van der Waals surface area contributed by atoms with Crippen LogP contribution in [0.4, 0.5) is 0 Å². The van der Waals surface area contributed by atoms with E-state index >= 15 is 0 Å². The number of rotatable bonds is 3. The van der Waals surface area contributed by atoms with E-state index in [-0.39, 0.29) is 11.9 Å². The number of amides is 1. The van der Waals surface area contributed by atoms with E-state index in [1.807, 2.05) is 37.3 Å². The summed E-state index contributed by atoms with van der Waals surface area (Å²) in [6.07, 6.45) is -0.446. The first-order valence-corrected chi connectivity index (χ1v) is 8.60. The van der Waals surface area contributed by atoms with Crippen molar-refractivity contribution < 1.29 is 23.8 Å². The second-order valence-corrected chi connectivity index (χ2v) is 6.39. The zero-order valence-corrected chi connectivity index (χ0v) is 14.4. The zero-order valence-electron chi connectivity index (χ0n) is 14.4. The van der Waals surface area contributed by atoms with Crippen molar-refractivity contribution >= 4 is 11.9 Å². The van der Waals surface area contributed by atoms with Gasteiger partial charge in [-0.3, -0.25) is 4.79 Å². The molecule has 2 aliphatic heterocycles. The van der Waals surface area contributed by atoms with Crippen LogP contribution in [0.25, 0.3) is 0 Å². The molecule has 0 fully saturated rings. The Balaban J connectivity index is 1.46. The summed E-state index contributed by atoms with van der Waals surface area (Å²) < 4.78 is 16.4. The van der Waals surface area contributed by atoms with E-state index in [0.29, 0.717) is 36.7 Å². The first-order valence-electron chi connectivity index (χ1n) is 8.60. The number of hydrogen-bond acceptors (Lipinski definition) is 5. The predicted molar refractivity (Wildman–Crippen MR) is 93.3 cm³/mol. The van der Waals surface area contributed by atoms with Crippen LogP contribution in [0.5, 0.6) is 11.5 Å². The van der Waals surface area contributed by atoms with Crippen molar-refractivity contribution in [2.45, 2.75) is 25.5 Å². The third-order valence-corrected chi connectivity index (χ3v) is 4.61. The molecule has 2 atom stereocenters. The number of esters is 1. The van der Waals surface area contributed by atoms with E-state index in [1.54, 1.807) is 12.1 Å². The van der Waals surface area contributed by atoms with Gasteiger partial charge in [-0.15, -0.1) is 0 Å². The standard InChI is InChI=1S/C20H19NO5/c1-12(13-6-7-16-17(10-13)25-9-8-24-16)21-19(22)18-11-14-4-2-3-5-15(14)20(23)26-18/h2-7,10,12,18H,8-9,11H2,1H3,(H,21,22)/t12-,18+/m0/s1. The molecule has 0 radical (unpaired) electrons. The van der Waals surface area contributed by atoms with Crippen molar-refractivity contribution in [1.82, 2.24) is 5.32 Å². The highest BCUT2D eigenvalue weighted by molar-refractivity contribution is 5.95. The minimum absolute atomic E-state index is 0.255. The molecule has 134 valence electrons. The van der Waals surface area contributed by atoms with Crippen LogP contribution in [0.3, 0.4) is 0 Å². The highest BCUT2D eigenvalue weighted by Gasteiger charge is 2.31. The monoisotopic (exact) mass is 353 g/mol. The predicted octanol–water partition coefficient (Wildman–Crippen LogP) is 2.42. The van der Waals surface area contributed by atoms with Crippen molar-refractivity contribution in [2.75, 3.05) is 13.2 Å². The molecule has 0 bridgehead atoms. The van der Waals surface area contributed by atoms with Crippen LogP contribution >= 0.6 is 0 Å². The largest absolute Gasteiger partial charge is 0.486 e. The zero-order chi connectivity index (χ0) is 18.1. The average Bonchev–Trinajstić information content (AvgIpc) is 2.67. The molecule has 2 heterocycles. The molecule has 0 spiro atoms. The summed E-state index contributed by atoms with van der Waals surface area (Å²) in [6.45, 7) is 2.92. The van der Waals surface area contributed by atoms with E-state index in [4.69, 9.17) is 14.2 Å². The van der Waals surface area contributed by atoms with Crippen molar-refractivity contribution in [3.63, 3.8) is 0 Å². The third-order valence-electron chi connectivity index (χ3n) is 4.61. The van der Waals surface area contributed by atoms with E-state index in [0.717, 1.165) is 11.1 Å². The van der Waals surface area contributed by atoms with E-state index in [9.17, 15) is 9.59 Å². The molecule has 0 saturated carbocycles. The molecular formula is C20H19NO5. The molecule has 1 amide bonds.